The van der Waals surface area contributed by atoms with Gasteiger partial charge in [0.25, 0.3) is 11.1 Å². The number of methoxy groups -OCH3 is 1. The number of phenols is 1. The van der Waals surface area contributed by atoms with E-state index in [-0.39, 0.29) is 29.1 Å². The smallest absolute Gasteiger partial charge is 0.294 e. The average molecular weight is 390 g/mol. The second-order valence-electron chi connectivity index (χ2n) is 6.63. The Labute approximate surface area is 162 Å². The van der Waals surface area contributed by atoms with Crippen molar-refractivity contribution in [1.82, 2.24) is 9.80 Å². The number of aromatic hydroxyl groups is 1. The minimum atomic E-state index is -0.488. The highest BCUT2D eigenvalue weighted by Gasteiger charge is 2.37. The van der Waals surface area contributed by atoms with Crippen LogP contribution in [0, 0.1) is 0 Å². The van der Waals surface area contributed by atoms with E-state index in [9.17, 15) is 19.5 Å². The Bertz CT molecular complexity index is 807. The SMILES string of the molecule is COc1ccc(/C=C2\SC(=O)N(CC(=O)N3CCCC[C@@H]3C)C2=O)cc1O. The number of nitrogens with zero attached hydrogens (tertiary/aromatic N) is 2. The largest absolute Gasteiger partial charge is 0.504 e. The van der Waals surface area contributed by atoms with E-state index in [0.717, 1.165) is 35.9 Å². The second-order valence-corrected chi connectivity index (χ2v) is 7.62. The highest BCUT2D eigenvalue weighted by molar-refractivity contribution is 8.18. The Hall–Kier alpha value is -2.48. The third-order valence-corrected chi connectivity index (χ3v) is 5.70. The van der Waals surface area contributed by atoms with Gasteiger partial charge in [-0.1, -0.05) is 6.07 Å². The summed E-state index contributed by atoms with van der Waals surface area (Å²) in [6.07, 6.45) is 4.50. The number of rotatable bonds is 4. The number of piperidine rings is 1. The number of carbonyl (C=O) groups is 3. The summed E-state index contributed by atoms with van der Waals surface area (Å²) >= 11 is 0.797. The summed E-state index contributed by atoms with van der Waals surface area (Å²) in [6, 6.07) is 4.83. The van der Waals surface area contributed by atoms with Gasteiger partial charge >= 0.3 is 0 Å². The highest BCUT2D eigenvalue weighted by atomic mass is 32.2. The Morgan fingerprint density at radius 2 is 2.15 bits per heavy atom. The van der Waals surface area contributed by atoms with E-state index >= 15 is 0 Å². The summed E-state index contributed by atoms with van der Waals surface area (Å²) in [6.45, 7) is 2.41. The number of hydrogen-bond donors (Lipinski definition) is 1. The van der Waals surface area contributed by atoms with Gasteiger partial charge in [0.2, 0.25) is 5.91 Å². The predicted octanol–water partition coefficient (Wildman–Crippen LogP) is 2.84. The molecule has 0 aromatic heterocycles. The standard InChI is InChI=1S/C19H22N2O5S/c1-12-5-3-4-8-20(12)17(23)11-21-18(24)16(27-19(21)25)10-13-6-7-15(26-2)14(22)9-13/h6-7,9-10,12,22H,3-5,8,11H2,1-2H3/b16-10-/t12-/m0/s1. The Balaban J connectivity index is 1.73. The molecule has 8 heteroatoms. The van der Waals surface area contributed by atoms with Crippen LogP contribution in [0.5, 0.6) is 11.5 Å². The van der Waals surface area contributed by atoms with Crippen molar-refractivity contribution in [3.05, 3.63) is 28.7 Å². The molecule has 1 aromatic carbocycles. The molecule has 0 aliphatic carbocycles. The fourth-order valence-electron chi connectivity index (χ4n) is 3.28. The number of imide groups is 1. The van der Waals surface area contributed by atoms with Crippen LogP contribution in [-0.2, 0) is 9.59 Å². The second kappa shape index (κ2) is 8.04. The third-order valence-electron chi connectivity index (χ3n) is 4.79. The molecule has 144 valence electrons. The molecule has 2 heterocycles. The predicted molar refractivity (Wildman–Crippen MR) is 102 cm³/mol. The molecular weight excluding hydrogens is 368 g/mol. The van der Waals surface area contributed by atoms with Gasteiger partial charge in [0, 0.05) is 12.6 Å². The molecule has 0 bridgehead atoms. The Kier molecular flexibility index (Phi) is 5.74. The van der Waals surface area contributed by atoms with E-state index in [1.165, 1.54) is 19.3 Å². The quantitative estimate of drug-likeness (QED) is 0.796. The lowest BCUT2D eigenvalue weighted by Gasteiger charge is -2.34. The number of thioether (sulfide) groups is 1. The molecule has 3 amide bonds. The average Bonchev–Trinajstić information content (AvgIpc) is 2.89. The minimum absolute atomic E-state index is 0.0558. The first-order valence-corrected chi connectivity index (χ1v) is 9.64. The first-order chi connectivity index (χ1) is 12.9. The normalized spacial score (nSPS) is 21.9. The lowest BCUT2D eigenvalue weighted by Crippen LogP contribution is -2.47. The van der Waals surface area contributed by atoms with Crippen molar-refractivity contribution in [2.75, 3.05) is 20.2 Å². The summed E-state index contributed by atoms with van der Waals surface area (Å²) in [5, 5.41) is 9.39. The van der Waals surface area contributed by atoms with E-state index in [0.29, 0.717) is 17.9 Å². The van der Waals surface area contributed by atoms with Gasteiger partial charge in [0.1, 0.15) is 6.54 Å². The maximum absolute atomic E-state index is 12.6. The molecule has 27 heavy (non-hydrogen) atoms. The van der Waals surface area contributed by atoms with Crippen LogP contribution in [0.15, 0.2) is 23.1 Å². The van der Waals surface area contributed by atoms with Gasteiger partial charge in [0.15, 0.2) is 11.5 Å². The van der Waals surface area contributed by atoms with Crippen molar-refractivity contribution in [3.63, 3.8) is 0 Å². The van der Waals surface area contributed by atoms with Gasteiger partial charge in [-0.25, -0.2) is 0 Å². The van der Waals surface area contributed by atoms with Gasteiger partial charge in [0.05, 0.1) is 12.0 Å². The lowest BCUT2D eigenvalue weighted by molar-refractivity contribution is -0.138. The van der Waals surface area contributed by atoms with E-state index in [4.69, 9.17) is 4.74 Å². The van der Waals surface area contributed by atoms with Gasteiger partial charge in [-0.2, -0.15) is 0 Å². The molecule has 0 unspecified atom stereocenters. The molecule has 0 saturated carbocycles. The van der Waals surface area contributed by atoms with Crippen LogP contribution in [0.2, 0.25) is 0 Å². The summed E-state index contributed by atoms with van der Waals surface area (Å²) in [4.78, 5) is 40.3. The van der Waals surface area contributed by atoms with Crippen LogP contribution >= 0.6 is 11.8 Å². The van der Waals surface area contributed by atoms with Crippen LogP contribution in [0.25, 0.3) is 6.08 Å². The fraction of sp³-hybridized carbons (Fsp3) is 0.421. The molecular formula is C19H22N2O5S. The molecule has 2 fully saturated rings. The number of ether oxygens (including phenoxy) is 1. The molecule has 2 aliphatic rings. The maximum Gasteiger partial charge on any atom is 0.294 e. The molecule has 1 N–H and O–H groups in total. The summed E-state index contributed by atoms with van der Waals surface area (Å²) < 4.78 is 4.99. The first-order valence-electron chi connectivity index (χ1n) is 8.82. The van der Waals surface area contributed by atoms with Gasteiger partial charge in [-0.05, 0) is 61.7 Å². The lowest BCUT2D eigenvalue weighted by atomic mass is 10.0. The Morgan fingerprint density at radius 1 is 1.37 bits per heavy atom. The van der Waals surface area contributed by atoms with Crippen LogP contribution in [-0.4, -0.2) is 58.2 Å². The van der Waals surface area contributed by atoms with E-state index in [2.05, 4.69) is 0 Å². The van der Waals surface area contributed by atoms with Crippen LogP contribution in [0.4, 0.5) is 4.79 Å². The van der Waals surface area contributed by atoms with E-state index in [1.54, 1.807) is 17.0 Å². The van der Waals surface area contributed by atoms with E-state index in [1.807, 2.05) is 6.92 Å². The number of amides is 3. The van der Waals surface area contributed by atoms with Crippen molar-refractivity contribution in [2.24, 2.45) is 0 Å². The molecule has 7 nitrogen and oxygen atoms in total. The zero-order valence-corrected chi connectivity index (χ0v) is 16.1. The molecule has 0 radical (unpaired) electrons. The summed E-state index contributed by atoms with van der Waals surface area (Å²) in [7, 11) is 1.44. The first kappa shape index (κ1) is 19.3. The molecule has 2 aliphatic heterocycles. The highest BCUT2D eigenvalue weighted by Crippen LogP contribution is 2.34. The fourth-order valence-corrected chi connectivity index (χ4v) is 4.12. The molecule has 1 atom stereocenters. The molecule has 0 spiro atoms. The van der Waals surface area contributed by atoms with Crippen LogP contribution < -0.4 is 4.74 Å². The number of carbonyl (C=O) groups excluding carboxylic acids is 3. The van der Waals surface area contributed by atoms with Crippen molar-refractivity contribution >= 4 is 34.9 Å². The number of likely N-dealkylation sites (tertiary alicyclic amines) is 1. The molecule has 2 saturated heterocycles. The van der Waals surface area contributed by atoms with Gasteiger partial charge < -0.3 is 14.7 Å². The number of benzene rings is 1. The zero-order chi connectivity index (χ0) is 19.6. The monoisotopic (exact) mass is 390 g/mol. The van der Waals surface area contributed by atoms with Crippen molar-refractivity contribution in [1.29, 1.82) is 0 Å². The topological polar surface area (TPSA) is 87.2 Å². The Morgan fingerprint density at radius 3 is 2.81 bits per heavy atom. The molecule has 3 rings (SSSR count). The number of hydrogen-bond acceptors (Lipinski definition) is 6. The third kappa shape index (κ3) is 4.10. The number of phenolic OH excluding ortho intramolecular Hbond substituents is 1. The van der Waals surface area contributed by atoms with Crippen LogP contribution in [0.3, 0.4) is 0 Å². The van der Waals surface area contributed by atoms with Gasteiger partial charge in [-0.3, -0.25) is 19.3 Å². The molecule has 1 aromatic rings. The van der Waals surface area contributed by atoms with E-state index < -0.39 is 11.1 Å². The minimum Gasteiger partial charge on any atom is -0.504 e. The van der Waals surface area contributed by atoms with Gasteiger partial charge in [-0.15, -0.1) is 0 Å². The zero-order valence-electron chi connectivity index (χ0n) is 15.3. The summed E-state index contributed by atoms with van der Waals surface area (Å²) in [5.74, 6) is -0.424. The van der Waals surface area contributed by atoms with Crippen molar-refractivity contribution in [3.8, 4) is 11.5 Å². The van der Waals surface area contributed by atoms with Crippen molar-refractivity contribution < 1.29 is 24.2 Å². The van der Waals surface area contributed by atoms with Crippen molar-refractivity contribution in [2.45, 2.75) is 32.2 Å². The maximum atomic E-state index is 12.6. The summed E-state index contributed by atoms with van der Waals surface area (Å²) in [5.41, 5.74) is 0.565. The van der Waals surface area contributed by atoms with Crippen LogP contribution in [0.1, 0.15) is 31.7 Å².